The quantitative estimate of drug-likeness (QED) is 0.653. The van der Waals surface area contributed by atoms with E-state index in [1.165, 1.54) is 15.5 Å². The van der Waals surface area contributed by atoms with E-state index in [4.69, 9.17) is 4.74 Å². The van der Waals surface area contributed by atoms with E-state index in [0.29, 0.717) is 35.6 Å². The molecule has 2 atom stereocenters. The van der Waals surface area contributed by atoms with Crippen molar-refractivity contribution in [3.63, 3.8) is 0 Å². The minimum Gasteiger partial charge on any atom is -0.494 e. The number of aromatic nitrogens is 4. The first kappa shape index (κ1) is 20.9. The van der Waals surface area contributed by atoms with Gasteiger partial charge in [0.05, 0.1) is 6.61 Å². The van der Waals surface area contributed by atoms with Crippen molar-refractivity contribution in [2.45, 2.75) is 33.7 Å². The lowest BCUT2D eigenvalue weighted by Gasteiger charge is -2.35. The number of nitrogens with zero attached hydrogens (tertiary/aromatic N) is 5. The summed E-state index contributed by atoms with van der Waals surface area (Å²) in [5.41, 5.74) is 0.741. The minimum absolute atomic E-state index is 0.181. The van der Waals surface area contributed by atoms with Gasteiger partial charge in [0.1, 0.15) is 12.3 Å². The van der Waals surface area contributed by atoms with Crippen molar-refractivity contribution in [2.75, 3.05) is 29.9 Å². The molecule has 2 aromatic heterocycles. The minimum atomic E-state index is -0.362. The summed E-state index contributed by atoms with van der Waals surface area (Å²) in [5.74, 6) is 2.17. The molecule has 1 aromatic carbocycles. The molecule has 3 heterocycles. The Labute approximate surface area is 180 Å². The van der Waals surface area contributed by atoms with Crippen LogP contribution in [0.25, 0.3) is 5.65 Å². The van der Waals surface area contributed by atoms with Crippen LogP contribution in [0.3, 0.4) is 0 Å². The van der Waals surface area contributed by atoms with E-state index in [2.05, 4.69) is 34.1 Å². The van der Waals surface area contributed by atoms with E-state index in [1.54, 1.807) is 36.7 Å². The van der Waals surface area contributed by atoms with Crippen LogP contribution in [0.15, 0.2) is 41.5 Å². The van der Waals surface area contributed by atoms with E-state index in [0.717, 1.165) is 18.8 Å². The molecule has 1 amide bonds. The lowest BCUT2D eigenvalue weighted by molar-refractivity contribution is -0.117. The maximum atomic E-state index is 12.8. The first-order valence-electron chi connectivity index (χ1n) is 10.7. The van der Waals surface area contributed by atoms with Crippen molar-refractivity contribution < 1.29 is 9.53 Å². The number of anilines is 2. The van der Waals surface area contributed by atoms with Gasteiger partial charge in [0.15, 0.2) is 5.82 Å². The first-order chi connectivity index (χ1) is 14.9. The molecule has 0 bridgehead atoms. The number of amides is 1. The Kier molecular flexibility index (Phi) is 5.92. The van der Waals surface area contributed by atoms with Crippen LogP contribution in [0.1, 0.15) is 27.2 Å². The summed E-state index contributed by atoms with van der Waals surface area (Å²) in [6, 6.07) is 7.09. The topological polar surface area (TPSA) is 93.8 Å². The molecule has 0 spiro atoms. The van der Waals surface area contributed by atoms with Crippen LogP contribution < -0.4 is 20.6 Å². The van der Waals surface area contributed by atoms with Gasteiger partial charge in [-0.1, -0.05) is 13.8 Å². The van der Waals surface area contributed by atoms with Gasteiger partial charge in [-0.3, -0.25) is 4.79 Å². The summed E-state index contributed by atoms with van der Waals surface area (Å²) in [7, 11) is 0. The third-order valence-corrected chi connectivity index (χ3v) is 5.39. The summed E-state index contributed by atoms with van der Waals surface area (Å²) in [5, 5.41) is 7.23. The zero-order chi connectivity index (χ0) is 22.0. The summed E-state index contributed by atoms with van der Waals surface area (Å²) in [6.07, 6.45) is 4.37. The van der Waals surface area contributed by atoms with Gasteiger partial charge < -0.3 is 15.0 Å². The number of piperidine rings is 1. The first-order valence-corrected chi connectivity index (χ1v) is 10.7. The largest absolute Gasteiger partial charge is 0.494 e. The Hall–Kier alpha value is -3.36. The van der Waals surface area contributed by atoms with Crippen molar-refractivity contribution >= 4 is 23.1 Å². The van der Waals surface area contributed by atoms with Gasteiger partial charge in [0.25, 0.3) is 0 Å². The van der Waals surface area contributed by atoms with Crippen molar-refractivity contribution in [1.82, 2.24) is 19.2 Å². The smallest absolute Gasteiger partial charge is 0.350 e. The average Bonchev–Trinajstić information content (AvgIpc) is 3.04. The predicted molar refractivity (Wildman–Crippen MR) is 119 cm³/mol. The number of fused-ring (bicyclic) bond motifs is 1. The summed E-state index contributed by atoms with van der Waals surface area (Å²) in [4.78, 5) is 32.0. The highest BCUT2D eigenvalue weighted by atomic mass is 16.5. The number of rotatable bonds is 6. The van der Waals surface area contributed by atoms with Crippen LogP contribution in [0.5, 0.6) is 5.75 Å². The maximum Gasteiger partial charge on any atom is 0.350 e. The normalized spacial score (nSPS) is 18.9. The van der Waals surface area contributed by atoms with Gasteiger partial charge in [-0.15, -0.1) is 5.10 Å². The fourth-order valence-electron chi connectivity index (χ4n) is 4.24. The van der Waals surface area contributed by atoms with E-state index < -0.39 is 0 Å². The van der Waals surface area contributed by atoms with E-state index in [9.17, 15) is 9.59 Å². The molecule has 2 unspecified atom stereocenters. The number of hydrogen-bond acceptors (Lipinski definition) is 6. The molecule has 4 rings (SSSR count). The second-order valence-electron chi connectivity index (χ2n) is 8.24. The molecule has 1 saturated heterocycles. The van der Waals surface area contributed by atoms with Crippen LogP contribution in [0.4, 0.5) is 11.5 Å². The van der Waals surface area contributed by atoms with E-state index >= 15 is 0 Å². The van der Waals surface area contributed by atoms with Gasteiger partial charge in [-0.25, -0.2) is 18.9 Å². The summed E-state index contributed by atoms with van der Waals surface area (Å²) < 4.78 is 8.04. The van der Waals surface area contributed by atoms with Crippen LogP contribution in [-0.4, -0.2) is 44.8 Å². The average molecular weight is 425 g/mol. The summed E-state index contributed by atoms with van der Waals surface area (Å²) in [6.45, 7) is 8.49. The third kappa shape index (κ3) is 4.55. The van der Waals surface area contributed by atoms with Crippen molar-refractivity contribution in [3.8, 4) is 5.75 Å². The number of carbonyl (C=O) groups is 1. The lowest BCUT2D eigenvalue weighted by atomic mass is 9.92. The molecule has 164 valence electrons. The molecule has 0 aliphatic carbocycles. The van der Waals surface area contributed by atoms with Crippen LogP contribution in [0.2, 0.25) is 0 Å². The number of nitrogens with one attached hydrogen (secondary N) is 1. The highest BCUT2D eigenvalue weighted by Gasteiger charge is 2.25. The molecule has 1 N–H and O–H groups in total. The van der Waals surface area contributed by atoms with Gasteiger partial charge in [0, 0.05) is 31.2 Å². The Morgan fingerprint density at radius 3 is 2.58 bits per heavy atom. The number of benzene rings is 1. The van der Waals surface area contributed by atoms with Crippen LogP contribution in [-0.2, 0) is 11.3 Å². The Bertz CT molecular complexity index is 1110. The molecular formula is C22H28N6O3. The van der Waals surface area contributed by atoms with E-state index in [1.807, 2.05) is 6.92 Å². The molecule has 0 saturated carbocycles. The van der Waals surface area contributed by atoms with Crippen molar-refractivity contribution in [2.24, 2.45) is 11.8 Å². The van der Waals surface area contributed by atoms with Crippen LogP contribution in [0, 0.1) is 11.8 Å². The number of carbonyl (C=O) groups excluding carboxylic acids is 1. The Balaban J connectivity index is 1.54. The fourth-order valence-corrected chi connectivity index (χ4v) is 4.24. The monoisotopic (exact) mass is 424 g/mol. The molecule has 1 aliphatic heterocycles. The molecule has 9 heteroatoms. The molecule has 3 aromatic rings. The van der Waals surface area contributed by atoms with Crippen molar-refractivity contribution in [3.05, 3.63) is 47.1 Å². The van der Waals surface area contributed by atoms with Crippen LogP contribution >= 0.6 is 0 Å². The predicted octanol–water partition coefficient (Wildman–Crippen LogP) is 2.41. The Morgan fingerprint density at radius 2 is 1.90 bits per heavy atom. The highest BCUT2D eigenvalue weighted by molar-refractivity contribution is 5.90. The lowest BCUT2D eigenvalue weighted by Crippen LogP contribution is -2.39. The third-order valence-electron chi connectivity index (χ3n) is 5.39. The highest BCUT2D eigenvalue weighted by Crippen LogP contribution is 2.26. The zero-order valence-corrected chi connectivity index (χ0v) is 18.1. The number of ether oxygens (including phenoxy) is 1. The van der Waals surface area contributed by atoms with Crippen molar-refractivity contribution in [1.29, 1.82) is 0 Å². The molecule has 9 nitrogen and oxygen atoms in total. The number of hydrogen-bond donors (Lipinski definition) is 1. The van der Waals surface area contributed by atoms with Gasteiger partial charge in [-0.2, -0.15) is 0 Å². The molecule has 1 fully saturated rings. The Morgan fingerprint density at radius 1 is 1.19 bits per heavy atom. The van der Waals surface area contributed by atoms with Gasteiger partial charge >= 0.3 is 5.69 Å². The second-order valence-corrected chi connectivity index (χ2v) is 8.24. The molecule has 0 radical (unpaired) electrons. The molecule has 31 heavy (non-hydrogen) atoms. The SMILES string of the molecule is CCOc1ccc(NC(=O)Cn2nc3c(N4CC(C)CC(C)C4)nccn3c2=O)cc1. The molecule has 1 aliphatic rings. The van der Waals surface area contributed by atoms with E-state index in [-0.39, 0.29) is 18.1 Å². The van der Waals surface area contributed by atoms with Gasteiger partial charge in [0.2, 0.25) is 11.6 Å². The fraction of sp³-hybridized carbons (Fsp3) is 0.455. The van der Waals surface area contributed by atoms with Gasteiger partial charge in [-0.05, 0) is 49.4 Å². The standard InChI is InChI=1S/C22H28N6O3/c1-4-31-18-7-5-17(6-8-18)24-19(29)14-28-22(30)27-10-9-23-20(21(27)25-28)26-12-15(2)11-16(3)13-26/h5-10,15-16H,4,11-14H2,1-3H3,(H,24,29). The zero-order valence-electron chi connectivity index (χ0n) is 18.1. The summed E-state index contributed by atoms with van der Waals surface area (Å²) >= 11 is 0. The molecular weight excluding hydrogens is 396 g/mol. The second kappa shape index (κ2) is 8.79. The maximum absolute atomic E-state index is 12.8.